The zero-order valence-electron chi connectivity index (χ0n) is 20.1. The van der Waals surface area contributed by atoms with E-state index in [2.05, 4.69) is 27.8 Å². The van der Waals surface area contributed by atoms with Crippen LogP contribution in [0.5, 0.6) is 0 Å². The van der Waals surface area contributed by atoms with Crippen molar-refractivity contribution in [3.8, 4) is 0 Å². The second-order valence-corrected chi connectivity index (χ2v) is 8.82. The Morgan fingerprint density at radius 2 is 1.81 bits per heavy atom. The molecule has 0 radical (unpaired) electrons. The number of nitrogens with zero attached hydrogens (tertiary/aromatic N) is 2. The van der Waals surface area contributed by atoms with Crippen LogP contribution in [-0.2, 0) is 11.3 Å². The predicted molar refractivity (Wildman–Crippen MR) is 135 cm³/mol. The molecule has 2 amide bonds. The number of carbonyl (C=O) groups is 2. The molecule has 7 nitrogen and oxygen atoms in total. The van der Waals surface area contributed by atoms with Crippen LogP contribution in [0.2, 0.25) is 0 Å². The maximum absolute atomic E-state index is 14.0. The molecule has 2 aromatic carbocycles. The monoisotopic (exact) mass is 493 g/mol. The first-order valence-corrected chi connectivity index (χ1v) is 12.0. The Hall–Kier alpha value is -4.01. The SMILES string of the molecule is CCC(=O)N1CCC(c2ccc(Nc3cc(NCc4cc(F)ccc4F)c(C(N)=O)cn3)cc2)CC1. The average molecular weight is 494 g/mol. The number of pyridine rings is 1. The lowest BCUT2D eigenvalue weighted by atomic mass is 9.89. The van der Waals surface area contributed by atoms with Gasteiger partial charge in [0, 0.05) is 49.6 Å². The van der Waals surface area contributed by atoms with Crippen molar-refractivity contribution >= 4 is 29.0 Å². The first kappa shape index (κ1) is 25.1. The largest absolute Gasteiger partial charge is 0.380 e. The number of rotatable bonds is 8. The fourth-order valence-electron chi connectivity index (χ4n) is 4.41. The van der Waals surface area contributed by atoms with E-state index in [4.69, 9.17) is 5.73 Å². The molecule has 1 saturated heterocycles. The smallest absolute Gasteiger partial charge is 0.252 e. The second-order valence-electron chi connectivity index (χ2n) is 8.82. The molecule has 0 atom stereocenters. The molecule has 4 rings (SSSR count). The first-order valence-electron chi connectivity index (χ1n) is 12.0. The van der Waals surface area contributed by atoms with Crippen molar-refractivity contribution in [2.24, 2.45) is 5.73 Å². The minimum absolute atomic E-state index is 0.0370. The van der Waals surface area contributed by atoms with E-state index in [0.29, 0.717) is 23.8 Å². The number of primary amides is 1. The Labute approximate surface area is 208 Å². The van der Waals surface area contributed by atoms with Gasteiger partial charge in [-0.25, -0.2) is 13.8 Å². The summed E-state index contributed by atoms with van der Waals surface area (Å²) in [5, 5.41) is 6.16. The molecule has 1 aliphatic heterocycles. The summed E-state index contributed by atoms with van der Waals surface area (Å²) < 4.78 is 27.5. The van der Waals surface area contributed by atoms with Crippen LogP contribution in [0.25, 0.3) is 0 Å². The van der Waals surface area contributed by atoms with E-state index in [9.17, 15) is 18.4 Å². The molecule has 1 aliphatic rings. The number of carbonyl (C=O) groups excluding carboxylic acids is 2. The average Bonchev–Trinajstić information content (AvgIpc) is 2.89. The highest BCUT2D eigenvalue weighted by molar-refractivity contribution is 5.98. The number of aromatic nitrogens is 1. The maximum atomic E-state index is 14.0. The van der Waals surface area contributed by atoms with Gasteiger partial charge in [0.15, 0.2) is 0 Å². The van der Waals surface area contributed by atoms with Crippen molar-refractivity contribution in [1.82, 2.24) is 9.88 Å². The number of amides is 2. The molecular weight excluding hydrogens is 464 g/mol. The Bertz CT molecular complexity index is 1240. The molecule has 0 unspecified atom stereocenters. The minimum atomic E-state index is -0.688. The van der Waals surface area contributed by atoms with Crippen LogP contribution in [0, 0.1) is 11.6 Å². The number of nitrogens with two attached hydrogens (primary N) is 1. The number of hydrogen-bond acceptors (Lipinski definition) is 5. The fraction of sp³-hybridized carbons (Fsp3) is 0.296. The van der Waals surface area contributed by atoms with Gasteiger partial charge in [-0.3, -0.25) is 9.59 Å². The van der Waals surface area contributed by atoms with Gasteiger partial charge >= 0.3 is 0 Å². The first-order chi connectivity index (χ1) is 17.3. The van der Waals surface area contributed by atoms with E-state index in [1.807, 2.05) is 24.0 Å². The van der Waals surface area contributed by atoms with Gasteiger partial charge in [0.2, 0.25) is 5.91 Å². The quantitative estimate of drug-likeness (QED) is 0.413. The lowest BCUT2D eigenvalue weighted by molar-refractivity contribution is -0.131. The highest BCUT2D eigenvalue weighted by atomic mass is 19.1. The molecule has 188 valence electrons. The van der Waals surface area contributed by atoms with Gasteiger partial charge in [-0.1, -0.05) is 19.1 Å². The molecule has 1 fully saturated rings. The van der Waals surface area contributed by atoms with E-state index in [1.54, 1.807) is 6.07 Å². The van der Waals surface area contributed by atoms with Crippen LogP contribution in [0.15, 0.2) is 54.7 Å². The normalized spacial score (nSPS) is 13.9. The zero-order chi connectivity index (χ0) is 25.7. The predicted octanol–water partition coefficient (Wildman–Crippen LogP) is 4.93. The van der Waals surface area contributed by atoms with E-state index in [-0.39, 0.29) is 23.6 Å². The molecular formula is C27H29F2N5O2. The molecule has 0 spiro atoms. The molecule has 9 heteroatoms. The molecule has 0 saturated carbocycles. The van der Waals surface area contributed by atoms with Crippen molar-refractivity contribution in [2.75, 3.05) is 23.7 Å². The molecule has 4 N–H and O–H groups in total. The number of likely N-dealkylation sites (tertiary alicyclic amines) is 1. The van der Waals surface area contributed by atoms with E-state index >= 15 is 0 Å². The van der Waals surface area contributed by atoms with Gasteiger partial charge in [0.25, 0.3) is 5.91 Å². The third kappa shape index (κ3) is 5.97. The topological polar surface area (TPSA) is 100 Å². The third-order valence-corrected chi connectivity index (χ3v) is 6.45. The van der Waals surface area contributed by atoms with Crippen molar-refractivity contribution < 1.29 is 18.4 Å². The van der Waals surface area contributed by atoms with Gasteiger partial charge in [0.1, 0.15) is 17.5 Å². The summed E-state index contributed by atoms with van der Waals surface area (Å²) >= 11 is 0. The van der Waals surface area contributed by atoms with Crippen LogP contribution < -0.4 is 16.4 Å². The highest BCUT2D eigenvalue weighted by Crippen LogP contribution is 2.30. The Morgan fingerprint density at radius 3 is 2.47 bits per heavy atom. The molecule has 1 aromatic heterocycles. The minimum Gasteiger partial charge on any atom is -0.380 e. The number of piperidine rings is 1. The molecule has 3 aromatic rings. The van der Waals surface area contributed by atoms with Crippen LogP contribution >= 0.6 is 0 Å². The Kier molecular flexibility index (Phi) is 7.77. The van der Waals surface area contributed by atoms with Gasteiger partial charge in [-0.05, 0) is 54.7 Å². The summed E-state index contributed by atoms with van der Waals surface area (Å²) in [6, 6.07) is 12.8. The van der Waals surface area contributed by atoms with Gasteiger partial charge in [-0.2, -0.15) is 0 Å². The molecule has 36 heavy (non-hydrogen) atoms. The third-order valence-electron chi connectivity index (χ3n) is 6.45. The van der Waals surface area contributed by atoms with Crippen LogP contribution in [0.1, 0.15) is 53.6 Å². The summed E-state index contributed by atoms with van der Waals surface area (Å²) in [5.41, 5.74) is 8.11. The lowest BCUT2D eigenvalue weighted by Crippen LogP contribution is -2.37. The number of anilines is 3. The molecule has 0 bridgehead atoms. The van der Waals surface area contributed by atoms with Gasteiger partial charge < -0.3 is 21.3 Å². The second kappa shape index (κ2) is 11.2. The lowest BCUT2D eigenvalue weighted by Gasteiger charge is -2.32. The Balaban J connectivity index is 1.43. The van der Waals surface area contributed by atoms with Gasteiger partial charge in [-0.15, -0.1) is 0 Å². The van der Waals surface area contributed by atoms with E-state index in [0.717, 1.165) is 49.8 Å². The maximum Gasteiger partial charge on any atom is 0.252 e. The number of benzene rings is 2. The summed E-state index contributed by atoms with van der Waals surface area (Å²) in [7, 11) is 0. The van der Waals surface area contributed by atoms with Gasteiger partial charge in [0.05, 0.1) is 11.3 Å². The Morgan fingerprint density at radius 1 is 1.08 bits per heavy atom. The van der Waals surface area contributed by atoms with Crippen LogP contribution in [-0.4, -0.2) is 34.8 Å². The molecule has 0 aliphatic carbocycles. The number of nitrogens with one attached hydrogen (secondary N) is 2. The van der Waals surface area contributed by atoms with Crippen molar-refractivity contribution in [3.05, 3.63) is 83.1 Å². The van der Waals surface area contributed by atoms with Crippen molar-refractivity contribution in [1.29, 1.82) is 0 Å². The van der Waals surface area contributed by atoms with E-state index < -0.39 is 17.5 Å². The van der Waals surface area contributed by atoms with Crippen LogP contribution in [0.4, 0.5) is 26.0 Å². The van der Waals surface area contributed by atoms with Crippen molar-refractivity contribution in [3.63, 3.8) is 0 Å². The fourth-order valence-corrected chi connectivity index (χ4v) is 4.41. The summed E-state index contributed by atoms with van der Waals surface area (Å²) in [6.07, 6.45) is 3.76. The molecule has 2 heterocycles. The number of halogens is 2. The van der Waals surface area contributed by atoms with Crippen LogP contribution in [0.3, 0.4) is 0 Å². The summed E-state index contributed by atoms with van der Waals surface area (Å²) in [6.45, 7) is 3.41. The summed E-state index contributed by atoms with van der Waals surface area (Å²) in [5.74, 6) is -0.720. The number of hydrogen-bond donors (Lipinski definition) is 3. The zero-order valence-corrected chi connectivity index (χ0v) is 20.1. The van der Waals surface area contributed by atoms with Crippen molar-refractivity contribution in [2.45, 2.75) is 38.6 Å². The van der Waals surface area contributed by atoms with E-state index in [1.165, 1.54) is 11.8 Å². The standard InChI is InChI=1S/C27H29F2N5O2/c1-2-26(35)34-11-9-18(10-12-34)17-3-6-21(7-4-17)33-25-14-24(22(16-32-25)27(30)36)31-15-19-13-20(28)5-8-23(19)29/h3-8,13-14,16,18H,2,9-12,15H2,1H3,(H2,30,36)(H2,31,32,33). The summed E-state index contributed by atoms with van der Waals surface area (Å²) in [4.78, 5) is 30.0. The highest BCUT2D eigenvalue weighted by Gasteiger charge is 2.22.